The van der Waals surface area contributed by atoms with E-state index in [4.69, 9.17) is 0 Å². The second-order valence-electron chi connectivity index (χ2n) is 5.09. The van der Waals surface area contributed by atoms with Crippen LogP contribution >= 0.6 is 23.1 Å². The van der Waals surface area contributed by atoms with E-state index in [-0.39, 0.29) is 0 Å². The molecule has 0 bridgehead atoms. The Morgan fingerprint density at radius 3 is 2.84 bits per heavy atom. The molecule has 0 unspecified atom stereocenters. The van der Waals surface area contributed by atoms with Gasteiger partial charge in [0.25, 0.3) is 0 Å². The molecule has 0 aliphatic carbocycles. The van der Waals surface area contributed by atoms with Crippen LogP contribution < -0.4 is 5.32 Å². The number of nitrogens with one attached hydrogen (secondary N) is 1. The Kier molecular flexibility index (Phi) is 5.95. The van der Waals surface area contributed by atoms with Crippen molar-refractivity contribution in [2.45, 2.75) is 31.0 Å². The van der Waals surface area contributed by atoms with Gasteiger partial charge in [0.2, 0.25) is 0 Å². The van der Waals surface area contributed by atoms with E-state index >= 15 is 0 Å². The number of thiophene rings is 1. The quantitative estimate of drug-likeness (QED) is 0.736. The van der Waals surface area contributed by atoms with Gasteiger partial charge in [-0.2, -0.15) is 11.3 Å². The van der Waals surface area contributed by atoms with E-state index in [1.807, 2.05) is 11.8 Å². The summed E-state index contributed by atoms with van der Waals surface area (Å²) in [5, 5.41) is 7.85. The first-order valence-corrected chi connectivity index (χ1v) is 8.60. The maximum absolute atomic E-state index is 3.49. The van der Waals surface area contributed by atoms with Crippen LogP contribution in [0.3, 0.4) is 0 Å². The molecule has 3 heteroatoms. The minimum absolute atomic E-state index is 0.705. The molecule has 0 saturated carbocycles. The summed E-state index contributed by atoms with van der Waals surface area (Å²) in [7, 11) is 0. The highest BCUT2D eigenvalue weighted by Gasteiger charge is 1.99. The van der Waals surface area contributed by atoms with Gasteiger partial charge in [-0.15, -0.1) is 11.8 Å². The first-order valence-electron chi connectivity index (χ1n) is 6.67. The Bertz CT molecular complexity index is 477. The molecule has 0 aliphatic rings. The van der Waals surface area contributed by atoms with Gasteiger partial charge in [0.15, 0.2) is 0 Å². The normalized spacial score (nSPS) is 11.1. The van der Waals surface area contributed by atoms with Crippen molar-refractivity contribution in [2.75, 3.05) is 6.54 Å². The summed E-state index contributed by atoms with van der Waals surface area (Å²) >= 11 is 3.68. The molecule has 102 valence electrons. The fourth-order valence-corrected chi connectivity index (χ4v) is 3.49. The van der Waals surface area contributed by atoms with E-state index in [9.17, 15) is 0 Å². The topological polar surface area (TPSA) is 12.0 Å². The molecule has 19 heavy (non-hydrogen) atoms. The molecule has 2 aromatic rings. The number of thioether (sulfide) groups is 1. The molecule has 0 amide bonds. The van der Waals surface area contributed by atoms with Gasteiger partial charge in [-0.3, -0.25) is 0 Å². The van der Waals surface area contributed by atoms with Gasteiger partial charge < -0.3 is 5.32 Å². The number of hydrogen-bond acceptors (Lipinski definition) is 3. The fourth-order valence-electron chi connectivity index (χ4n) is 1.79. The molecule has 0 atom stereocenters. The number of benzene rings is 1. The van der Waals surface area contributed by atoms with Gasteiger partial charge in [0.1, 0.15) is 0 Å². The van der Waals surface area contributed by atoms with E-state index in [1.54, 1.807) is 11.3 Å². The molecule has 1 nitrogen and oxygen atoms in total. The van der Waals surface area contributed by atoms with Gasteiger partial charge in [-0.05, 0) is 52.5 Å². The summed E-state index contributed by atoms with van der Waals surface area (Å²) in [5.41, 5.74) is 2.79. The third-order valence-corrected chi connectivity index (χ3v) is 4.56. The Hall–Kier alpha value is -0.770. The molecule has 0 spiro atoms. The van der Waals surface area contributed by atoms with Crippen LogP contribution in [0.2, 0.25) is 0 Å². The van der Waals surface area contributed by atoms with E-state index in [0.29, 0.717) is 5.92 Å². The zero-order chi connectivity index (χ0) is 13.5. The zero-order valence-electron chi connectivity index (χ0n) is 11.6. The number of hydrogen-bond donors (Lipinski definition) is 1. The van der Waals surface area contributed by atoms with Crippen LogP contribution in [0.15, 0.2) is 46.0 Å². The van der Waals surface area contributed by atoms with Crippen molar-refractivity contribution in [3.63, 3.8) is 0 Å². The highest BCUT2D eigenvalue weighted by Crippen LogP contribution is 2.24. The summed E-state index contributed by atoms with van der Waals surface area (Å²) < 4.78 is 0. The fraction of sp³-hybridized carbons (Fsp3) is 0.375. The van der Waals surface area contributed by atoms with E-state index in [1.165, 1.54) is 16.0 Å². The molecule has 0 saturated heterocycles. The van der Waals surface area contributed by atoms with Gasteiger partial charge in [-0.1, -0.05) is 26.0 Å². The molecule has 0 fully saturated rings. The van der Waals surface area contributed by atoms with Gasteiger partial charge >= 0.3 is 0 Å². The molecule has 2 rings (SSSR count). The molecular weight excluding hydrogens is 270 g/mol. The molecule has 1 aromatic heterocycles. The molecule has 1 aromatic carbocycles. The second kappa shape index (κ2) is 7.73. The largest absolute Gasteiger partial charge is 0.312 e. The maximum atomic E-state index is 3.49. The highest BCUT2D eigenvalue weighted by atomic mass is 32.2. The first kappa shape index (κ1) is 14.6. The average Bonchev–Trinajstić information content (AvgIpc) is 2.89. The second-order valence-corrected chi connectivity index (χ2v) is 6.92. The van der Waals surface area contributed by atoms with Crippen molar-refractivity contribution in [3.05, 3.63) is 52.2 Å². The van der Waals surface area contributed by atoms with Crippen molar-refractivity contribution >= 4 is 23.1 Å². The minimum atomic E-state index is 0.705. The van der Waals surface area contributed by atoms with Gasteiger partial charge in [0.05, 0.1) is 0 Å². The molecule has 0 radical (unpaired) electrons. The third-order valence-electron chi connectivity index (χ3n) is 2.77. The Morgan fingerprint density at radius 1 is 1.21 bits per heavy atom. The molecule has 1 N–H and O–H groups in total. The number of rotatable bonds is 7. The smallest absolute Gasteiger partial charge is 0.0240 e. The summed E-state index contributed by atoms with van der Waals surface area (Å²) in [6.45, 7) is 6.51. The first-order chi connectivity index (χ1) is 9.24. The minimum Gasteiger partial charge on any atom is -0.312 e. The lowest BCUT2D eigenvalue weighted by molar-refractivity contribution is 0.552. The average molecular weight is 291 g/mol. The summed E-state index contributed by atoms with van der Waals surface area (Å²) in [4.78, 5) is 1.36. The highest BCUT2D eigenvalue weighted by molar-refractivity contribution is 7.98. The van der Waals surface area contributed by atoms with Crippen LogP contribution in [0.1, 0.15) is 25.0 Å². The van der Waals surface area contributed by atoms with Gasteiger partial charge in [0, 0.05) is 17.2 Å². The summed E-state index contributed by atoms with van der Waals surface area (Å²) in [5.74, 6) is 1.77. The zero-order valence-corrected chi connectivity index (χ0v) is 13.2. The van der Waals surface area contributed by atoms with Gasteiger partial charge in [-0.25, -0.2) is 0 Å². The van der Waals surface area contributed by atoms with E-state index in [0.717, 1.165) is 18.8 Å². The predicted octanol–water partition coefficient (Wildman–Crippen LogP) is 4.79. The van der Waals surface area contributed by atoms with E-state index < -0.39 is 0 Å². The monoisotopic (exact) mass is 291 g/mol. The Labute approximate surface area is 124 Å². The third kappa shape index (κ3) is 5.39. The van der Waals surface area contributed by atoms with Crippen LogP contribution in [0.5, 0.6) is 0 Å². The molecule has 1 heterocycles. The summed E-state index contributed by atoms with van der Waals surface area (Å²) in [6.07, 6.45) is 0. The maximum Gasteiger partial charge on any atom is 0.0240 e. The van der Waals surface area contributed by atoms with Crippen molar-refractivity contribution < 1.29 is 0 Å². The Balaban J connectivity index is 1.84. The lowest BCUT2D eigenvalue weighted by atomic mass is 10.2. The van der Waals surface area contributed by atoms with E-state index in [2.05, 4.69) is 60.3 Å². The van der Waals surface area contributed by atoms with Crippen LogP contribution in [0, 0.1) is 5.92 Å². The van der Waals surface area contributed by atoms with Crippen LogP contribution in [0.25, 0.3) is 0 Å². The predicted molar refractivity (Wildman–Crippen MR) is 86.9 cm³/mol. The van der Waals surface area contributed by atoms with Crippen molar-refractivity contribution in [1.82, 2.24) is 5.32 Å². The van der Waals surface area contributed by atoms with Crippen LogP contribution in [-0.2, 0) is 12.3 Å². The van der Waals surface area contributed by atoms with Crippen molar-refractivity contribution in [1.29, 1.82) is 0 Å². The van der Waals surface area contributed by atoms with Crippen LogP contribution in [-0.4, -0.2) is 6.54 Å². The molecular formula is C16H21NS2. The lowest BCUT2D eigenvalue weighted by Gasteiger charge is -2.08. The van der Waals surface area contributed by atoms with Crippen molar-refractivity contribution in [3.8, 4) is 0 Å². The molecule has 0 aliphatic heterocycles. The lowest BCUT2D eigenvalue weighted by Crippen LogP contribution is -2.18. The van der Waals surface area contributed by atoms with Crippen molar-refractivity contribution in [2.24, 2.45) is 5.92 Å². The standard InChI is InChI=1S/C16H21NS2/c1-13(2)9-17-10-14-4-3-5-16(8-14)19-12-15-6-7-18-11-15/h3-8,11,13,17H,9-10,12H2,1-2H3. The Morgan fingerprint density at radius 2 is 2.11 bits per heavy atom. The SMILES string of the molecule is CC(C)CNCc1cccc(SCc2ccsc2)c1. The van der Waals surface area contributed by atoms with Crippen LogP contribution in [0.4, 0.5) is 0 Å². The summed E-state index contributed by atoms with van der Waals surface area (Å²) in [6, 6.07) is 11.0.